The lowest BCUT2D eigenvalue weighted by Crippen LogP contribution is -2.24. The predicted octanol–water partition coefficient (Wildman–Crippen LogP) is 3.83. The highest BCUT2D eigenvalue weighted by Crippen LogP contribution is 2.27. The molecule has 0 saturated carbocycles. The second-order valence-corrected chi connectivity index (χ2v) is 8.39. The van der Waals surface area contributed by atoms with Gasteiger partial charge in [0.05, 0.1) is 18.0 Å². The van der Waals surface area contributed by atoms with Gasteiger partial charge in [-0.2, -0.15) is 0 Å². The van der Waals surface area contributed by atoms with E-state index in [2.05, 4.69) is 36.8 Å². The molecule has 0 aliphatic heterocycles. The molecule has 3 rings (SSSR count). The number of carbonyl (C=O) groups is 2. The number of anilines is 1. The molecule has 31 heavy (non-hydrogen) atoms. The molecule has 2 aromatic carbocycles. The van der Waals surface area contributed by atoms with Crippen molar-refractivity contribution < 1.29 is 18.4 Å². The Labute approximate surface area is 189 Å². The van der Waals surface area contributed by atoms with Crippen molar-refractivity contribution in [3.05, 3.63) is 69.5 Å². The van der Waals surface area contributed by atoms with E-state index in [0.29, 0.717) is 22.6 Å². The Morgan fingerprint density at radius 1 is 1.19 bits per heavy atom. The zero-order chi connectivity index (χ0) is 22.5. The van der Waals surface area contributed by atoms with Gasteiger partial charge in [-0.05, 0) is 41.1 Å². The number of hydrogen-bond donors (Lipinski definition) is 2. The van der Waals surface area contributed by atoms with Crippen molar-refractivity contribution >= 4 is 45.2 Å². The minimum Gasteiger partial charge on any atom is -0.345 e. The second-order valence-electron chi connectivity index (χ2n) is 6.59. The predicted molar refractivity (Wildman–Crippen MR) is 117 cm³/mol. The summed E-state index contributed by atoms with van der Waals surface area (Å²) in [6.07, 6.45) is 0. The molecular weight excluding hydrogens is 492 g/mol. The summed E-state index contributed by atoms with van der Waals surface area (Å²) in [5.41, 5.74) is 1.40. The van der Waals surface area contributed by atoms with E-state index in [0.717, 1.165) is 23.4 Å². The minimum atomic E-state index is -0.879. The fraction of sp³-hybridized carbons (Fsp3) is 0.200. The Balaban J connectivity index is 1.55. The number of aryl methyl sites for hydroxylation is 1. The van der Waals surface area contributed by atoms with Crippen LogP contribution in [0.3, 0.4) is 0 Å². The second kappa shape index (κ2) is 10.0. The van der Waals surface area contributed by atoms with Crippen LogP contribution in [0, 0.1) is 18.6 Å². The quantitative estimate of drug-likeness (QED) is 0.472. The maximum Gasteiger partial charge on any atom is 0.251 e. The van der Waals surface area contributed by atoms with Gasteiger partial charge in [-0.25, -0.2) is 8.78 Å². The monoisotopic (exact) mass is 509 g/mol. The van der Waals surface area contributed by atoms with Gasteiger partial charge in [-0.1, -0.05) is 29.5 Å². The number of rotatable bonds is 7. The minimum absolute atomic E-state index is 0.0646. The summed E-state index contributed by atoms with van der Waals surface area (Å²) in [7, 11) is 1.71. The first-order valence-corrected chi connectivity index (χ1v) is 10.8. The van der Waals surface area contributed by atoms with Crippen LogP contribution < -0.4 is 10.6 Å². The summed E-state index contributed by atoms with van der Waals surface area (Å²) >= 11 is 4.12. The highest BCUT2D eigenvalue weighted by atomic mass is 79.9. The van der Waals surface area contributed by atoms with Crippen molar-refractivity contribution in [3.8, 4) is 0 Å². The van der Waals surface area contributed by atoms with Gasteiger partial charge < -0.3 is 15.2 Å². The van der Waals surface area contributed by atoms with Crippen LogP contribution >= 0.6 is 27.7 Å². The van der Waals surface area contributed by atoms with Crippen molar-refractivity contribution in [3.63, 3.8) is 0 Å². The molecule has 2 amide bonds. The number of thioether (sulfide) groups is 1. The number of nitrogens with zero attached hydrogens (tertiary/aromatic N) is 3. The maximum absolute atomic E-state index is 13.8. The highest BCUT2D eigenvalue weighted by molar-refractivity contribution is 9.10. The highest BCUT2D eigenvalue weighted by Gasteiger charge is 2.16. The molecule has 0 spiro atoms. The molecule has 0 radical (unpaired) electrons. The molecule has 1 heterocycles. The number of halogens is 3. The van der Waals surface area contributed by atoms with E-state index in [1.807, 2.05) is 19.1 Å². The summed E-state index contributed by atoms with van der Waals surface area (Å²) in [6, 6.07) is 8.97. The molecule has 0 aliphatic carbocycles. The normalized spacial score (nSPS) is 10.7. The fourth-order valence-corrected chi connectivity index (χ4v) is 3.88. The van der Waals surface area contributed by atoms with E-state index in [1.165, 1.54) is 0 Å². The van der Waals surface area contributed by atoms with Crippen molar-refractivity contribution in [1.82, 2.24) is 20.1 Å². The van der Waals surface area contributed by atoms with Gasteiger partial charge in [-0.15, -0.1) is 10.2 Å². The third-order valence-corrected chi connectivity index (χ3v) is 5.86. The maximum atomic E-state index is 13.8. The van der Waals surface area contributed by atoms with Gasteiger partial charge in [0, 0.05) is 23.2 Å². The molecule has 0 fully saturated rings. The van der Waals surface area contributed by atoms with E-state index in [-0.39, 0.29) is 28.4 Å². The van der Waals surface area contributed by atoms with E-state index in [4.69, 9.17) is 0 Å². The first kappa shape index (κ1) is 22.9. The molecule has 3 aromatic rings. The van der Waals surface area contributed by atoms with Crippen molar-refractivity contribution in [2.75, 3.05) is 11.1 Å². The third-order valence-electron chi connectivity index (χ3n) is 4.22. The third kappa shape index (κ3) is 5.88. The lowest BCUT2D eigenvalue weighted by Gasteiger charge is -2.09. The Morgan fingerprint density at radius 2 is 1.97 bits per heavy atom. The van der Waals surface area contributed by atoms with Crippen LogP contribution in [0.5, 0.6) is 0 Å². The molecular formula is C20H18BrF2N5O2S. The van der Waals surface area contributed by atoms with Gasteiger partial charge in [-0.3, -0.25) is 9.59 Å². The topological polar surface area (TPSA) is 88.9 Å². The molecule has 0 bridgehead atoms. The average Bonchev–Trinajstić information content (AvgIpc) is 3.06. The first-order chi connectivity index (χ1) is 14.7. The van der Waals surface area contributed by atoms with Crippen LogP contribution in [0.25, 0.3) is 0 Å². The molecule has 2 N–H and O–H groups in total. The van der Waals surface area contributed by atoms with Crippen LogP contribution in [0.2, 0.25) is 0 Å². The Kier molecular flexibility index (Phi) is 7.39. The summed E-state index contributed by atoms with van der Waals surface area (Å²) in [4.78, 5) is 24.4. The largest absolute Gasteiger partial charge is 0.345 e. The van der Waals surface area contributed by atoms with Crippen molar-refractivity contribution in [1.29, 1.82) is 0 Å². The number of aromatic nitrogens is 3. The van der Waals surface area contributed by atoms with Crippen LogP contribution in [-0.4, -0.2) is 32.3 Å². The summed E-state index contributed by atoms with van der Waals surface area (Å²) in [5.74, 6) is -1.91. The van der Waals surface area contributed by atoms with Gasteiger partial charge in [0.1, 0.15) is 5.82 Å². The molecule has 162 valence electrons. The van der Waals surface area contributed by atoms with Crippen molar-refractivity contribution in [2.45, 2.75) is 18.6 Å². The molecule has 0 atom stereocenters. The number of benzene rings is 2. The van der Waals surface area contributed by atoms with E-state index in [1.54, 1.807) is 23.7 Å². The summed E-state index contributed by atoms with van der Waals surface area (Å²) in [6.45, 7) is 2.07. The van der Waals surface area contributed by atoms with Gasteiger partial charge in [0.2, 0.25) is 5.91 Å². The summed E-state index contributed by atoms with van der Waals surface area (Å²) < 4.78 is 28.8. The van der Waals surface area contributed by atoms with Crippen molar-refractivity contribution in [2.24, 2.45) is 7.05 Å². The van der Waals surface area contributed by atoms with E-state index < -0.39 is 17.5 Å². The zero-order valence-corrected chi connectivity index (χ0v) is 19.0. The standard InChI is InChI=1S/C20H18BrF2N5O2S/c1-11-4-3-5-12(6-11)19(30)24-9-16-26-27-20(28(16)2)31-10-17(29)25-18-14(21)7-13(22)8-15(18)23/h3-8H,9-10H2,1-2H3,(H,24,30)(H,25,29). The van der Waals surface area contributed by atoms with E-state index >= 15 is 0 Å². The molecule has 11 heteroatoms. The molecule has 0 saturated heterocycles. The van der Waals surface area contributed by atoms with Crippen LogP contribution in [0.1, 0.15) is 21.7 Å². The van der Waals surface area contributed by atoms with Crippen LogP contribution in [0.4, 0.5) is 14.5 Å². The SMILES string of the molecule is Cc1cccc(C(=O)NCc2nnc(SCC(=O)Nc3c(F)cc(F)cc3Br)n2C)c1. The van der Waals surface area contributed by atoms with E-state index in [9.17, 15) is 18.4 Å². The van der Waals surface area contributed by atoms with Crippen LogP contribution in [0.15, 0.2) is 46.0 Å². The summed E-state index contributed by atoms with van der Waals surface area (Å²) in [5, 5.41) is 13.7. The first-order valence-electron chi connectivity index (χ1n) is 9.05. The lowest BCUT2D eigenvalue weighted by molar-refractivity contribution is -0.113. The van der Waals surface area contributed by atoms with Gasteiger partial charge in [0.15, 0.2) is 16.8 Å². The van der Waals surface area contributed by atoms with Crippen LogP contribution in [-0.2, 0) is 18.4 Å². The van der Waals surface area contributed by atoms with Gasteiger partial charge >= 0.3 is 0 Å². The molecule has 0 aliphatic rings. The number of nitrogens with one attached hydrogen (secondary N) is 2. The lowest BCUT2D eigenvalue weighted by atomic mass is 10.1. The number of amides is 2. The van der Waals surface area contributed by atoms with Gasteiger partial charge in [0.25, 0.3) is 5.91 Å². The number of hydrogen-bond acceptors (Lipinski definition) is 5. The Hall–Kier alpha value is -2.79. The fourth-order valence-electron chi connectivity index (χ4n) is 2.64. The molecule has 0 unspecified atom stereocenters. The average molecular weight is 510 g/mol. The number of carbonyl (C=O) groups excluding carboxylic acids is 2. The zero-order valence-electron chi connectivity index (χ0n) is 16.6. The smallest absolute Gasteiger partial charge is 0.251 e. The Morgan fingerprint density at radius 3 is 2.68 bits per heavy atom. The molecule has 1 aromatic heterocycles. The molecule has 7 nitrogen and oxygen atoms in total. The Bertz CT molecular complexity index is 1120.